The van der Waals surface area contributed by atoms with Crippen LogP contribution in [-0.4, -0.2) is 33.3 Å². The van der Waals surface area contributed by atoms with Gasteiger partial charge < -0.3 is 25.4 Å². The minimum atomic E-state index is -1.26. The van der Waals surface area contributed by atoms with Gasteiger partial charge in [-0.1, -0.05) is 6.07 Å². The Morgan fingerprint density at radius 2 is 1.67 bits per heavy atom. The Balaban J connectivity index is 0.00000306. The first-order chi connectivity index (χ1) is 15.4. The van der Waals surface area contributed by atoms with E-state index in [0.717, 1.165) is 19.3 Å². The molecular formula is C21H20KN6O3S2. The van der Waals surface area contributed by atoms with Gasteiger partial charge in [-0.2, -0.15) is 0 Å². The third-order valence-corrected chi connectivity index (χ3v) is 5.60. The number of rotatable bonds is 5. The van der Waals surface area contributed by atoms with Crippen LogP contribution >= 0.6 is 24.4 Å². The van der Waals surface area contributed by atoms with Gasteiger partial charge in [-0.3, -0.25) is 14.8 Å². The van der Waals surface area contributed by atoms with E-state index in [-0.39, 0.29) is 56.9 Å². The summed E-state index contributed by atoms with van der Waals surface area (Å²) in [4.78, 5) is 26.0. The van der Waals surface area contributed by atoms with Crippen molar-refractivity contribution >= 4 is 53.5 Å². The Morgan fingerprint density at radius 1 is 0.970 bits per heavy atom. The van der Waals surface area contributed by atoms with Crippen molar-refractivity contribution in [3.8, 4) is 5.69 Å². The number of aromatic carboxylic acids is 1. The number of urea groups is 1. The maximum absolute atomic E-state index is 12.6. The molecule has 2 amide bonds. The molecule has 4 rings (SSSR count). The van der Waals surface area contributed by atoms with E-state index in [1.54, 1.807) is 28.8 Å². The van der Waals surface area contributed by atoms with Crippen molar-refractivity contribution in [2.75, 3.05) is 22.1 Å². The molecule has 2 aromatic carbocycles. The van der Waals surface area contributed by atoms with Gasteiger partial charge in [0.25, 0.3) is 0 Å². The first-order valence-corrected chi connectivity index (χ1v) is 10.8. The number of aromatic nitrogens is 3. The van der Waals surface area contributed by atoms with Gasteiger partial charge >= 0.3 is 57.4 Å². The third kappa shape index (κ3) is 6.21. The van der Waals surface area contributed by atoms with Crippen molar-refractivity contribution in [2.45, 2.75) is 19.3 Å². The standard InChI is InChI=1S/C21H21N6O3S2.K/c28-18(29)16-8-7-14(12-17(16)26-9-2-1-3-10-26)23-19(30)22-13-5-4-6-15(11-13)27-20(31)24-25-21(27)32;/h4-9,11-12H,1-3,10H2,(H,24,31)(H,25,32)(H,28,29)(H2,22,23,30);/q;+1/p-1. The van der Waals surface area contributed by atoms with Crippen LogP contribution in [0.5, 0.6) is 0 Å². The number of hydrogen-bond donors (Lipinski definition) is 4. The van der Waals surface area contributed by atoms with E-state index in [4.69, 9.17) is 24.4 Å². The van der Waals surface area contributed by atoms with Crippen LogP contribution in [0.3, 0.4) is 0 Å². The number of carboxylic acids is 1. The summed E-state index contributed by atoms with van der Waals surface area (Å²) in [6.45, 7) is 2.68. The molecule has 33 heavy (non-hydrogen) atoms. The summed E-state index contributed by atoms with van der Waals surface area (Å²) in [7, 11) is 0. The van der Waals surface area contributed by atoms with Gasteiger partial charge in [0.1, 0.15) is 0 Å². The van der Waals surface area contributed by atoms with Crippen molar-refractivity contribution < 1.29 is 66.1 Å². The Hall–Kier alpha value is -1.80. The first kappa shape index (κ1) is 25.8. The van der Waals surface area contributed by atoms with Crippen LogP contribution in [0, 0.1) is 16.1 Å². The Morgan fingerprint density at radius 3 is 2.30 bits per heavy atom. The molecule has 1 radical (unpaired) electrons. The fraction of sp³-hybridized carbons (Fsp3) is 0.190. The van der Waals surface area contributed by atoms with Crippen LogP contribution in [0.25, 0.3) is 5.69 Å². The molecule has 165 valence electrons. The van der Waals surface area contributed by atoms with Crippen molar-refractivity contribution in [3.63, 3.8) is 0 Å². The third-order valence-electron chi connectivity index (χ3n) is 5.03. The SMILES string of the molecule is O=C(Nc1cccc(-n2c(=S)[nH][nH]c2=S)c1)Nc1ccc(C(=O)[O-])c(N2[CH]CCCC2)c1.[K+]. The average Bonchev–Trinajstić information content (AvgIpc) is 3.12. The minimum Gasteiger partial charge on any atom is -0.545 e. The number of nitrogens with zero attached hydrogens (tertiary/aromatic N) is 2. The summed E-state index contributed by atoms with van der Waals surface area (Å²) < 4.78 is 2.45. The largest absolute Gasteiger partial charge is 1.00 e. The second-order valence-corrected chi connectivity index (χ2v) is 7.99. The Kier molecular flexibility index (Phi) is 9.04. The summed E-state index contributed by atoms with van der Waals surface area (Å²) in [6, 6.07) is 11.2. The average molecular weight is 508 g/mol. The molecule has 0 bridgehead atoms. The molecule has 9 nitrogen and oxygen atoms in total. The van der Waals surface area contributed by atoms with Crippen LogP contribution in [0.15, 0.2) is 42.5 Å². The van der Waals surface area contributed by atoms with Gasteiger partial charge in [0.2, 0.25) is 0 Å². The minimum absolute atomic E-state index is 0. The van der Waals surface area contributed by atoms with Gasteiger partial charge in [0, 0.05) is 35.7 Å². The van der Waals surface area contributed by atoms with Gasteiger partial charge in [-0.05, 0) is 80.1 Å². The molecule has 0 unspecified atom stereocenters. The predicted octanol–water partition coefficient (Wildman–Crippen LogP) is 0.756. The van der Waals surface area contributed by atoms with Crippen LogP contribution < -0.4 is 72.0 Å². The maximum atomic E-state index is 12.6. The molecule has 3 aromatic rings. The van der Waals surface area contributed by atoms with Crippen molar-refractivity contribution in [1.82, 2.24) is 14.8 Å². The van der Waals surface area contributed by atoms with E-state index in [1.165, 1.54) is 12.1 Å². The zero-order valence-electron chi connectivity index (χ0n) is 17.9. The zero-order valence-corrected chi connectivity index (χ0v) is 22.6. The van der Waals surface area contributed by atoms with Gasteiger partial charge in [-0.15, -0.1) is 0 Å². The van der Waals surface area contributed by atoms with E-state index >= 15 is 0 Å². The first-order valence-electron chi connectivity index (χ1n) is 9.96. The number of hydrogen-bond acceptors (Lipinski definition) is 6. The van der Waals surface area contributed by atoms with Gasteiger partial charge in [0.05, 0.1) is 11.7 Å². The molecule has 1 aliphatic rings. The molecule has 12 heteroatoms. The maximum Gasteiger partial charge on any atom is 1.00 e. The molecule has 0 saturated carbocycles. The summed E-state index contributed by atoms with van der Waals surface area (Å²) in [5, 5.41) is 22.6. The number of amides is 2. The fourth-order valence-corrected chi connectivity index (χ4v) is 4.12. The van der Waals surface area contributed by atoms with Gasteiger partial charge in [-0.25, -0.2) is 4.79 Å². The molecule has 2 heterocycles. The number of carbonyl (C=O) groups is 2. The zero-order chi connectivity index (χ0) is 22.7. The monoisotopic (exact) mass is 507 g/mol. The molecule has 0 spiro atoms. The Labute approximate surface area is 243 Å². The second kappa shape index (κ2) is 11.6. The molecule has 0 atom stereocenters. The Bertz CT molecular complexity index is 1250. The molecule has 1 saturated heterocycles. The van der Waals surface area contributed by atoms with E-state index in [2.05, 4.69) is 20.8 Å². The van der Waals surface area contributed by atoms with E-state index in [9.17, 15) is 14.7 Å². The number of carbonyl (C=O) groups excluding carboxylic acids is 2. The topological polar surface area (TPSA) is 121 Å². The van der Waals surface area contributed by atoms with Gasteiger partial charge in [0.15, 0.2) is 9.54 Å². The fourth-order valence-electron chi connectivity index (χ4n) is 3.56. The van der Waals surface area contributed by atoms with E-state index in [1.807, 2.05) is 17.5 Å². The normalized spacial score (nSPS) is 13.2. The number of piperidine rings is 1. The molecular weight excluding hydrogens is 488 g/mol. The number of nitrogens with one attached hydrogen (secondary N) is 4. The van der Waals surface area contributed by atoms with Crippen molar-refractivity contribution in [3.05, 3.63) is 64.1 Å². The van der Waals surface area contributed by atoms with Crippen molar-refractivity contribution in [1.29, 1.82) is 0 Å². The van der Waals surface area contributed by atoms with Crippen LogP contribution in [0.4, 0.5) is 21.9 Å². The van der Waals surface area contributed by atoms with Crippen LogP contribution in [0.1, 0.15) is 29.6 Å². The number of benzene rings is 2. The molecule has 4 N–H and O–H groups in total. The number of carboxylic acid groups (broad SMARTS) is 1. The summed E-state index contributed by atoms with van der Waals surface area (Å²) in [5.74, 6) is -1.26. The molecule has 1 aromatic heterocycles. The van der Waals surface area contributed by atoms with E-state index < -0.39 is 12.0 Å². The van der Waals surface area contributed by atoms with Crippen LogP contribution in [0.2, 0.25) is 0 Å². The predicted molar refractivity (Wildman–Crippen MR) is 125 cm³/mol. The quantitative estimate of drug-likeness (QED) is 0.299. The van der Waals surface area contributed by atoms with Crippen molar-refractivity contribution in [2.24, 2.45) is 0 Å². The second-order valence-electron chi connectivity index (χ2n) is 7.22. The smallest absolute Gasteiger partial charge is 0.545 e. The summed E-state index contributed by atoms with van der Waals surface area (Å²) >= 11 is 10.4. The summed E-state index contributed by atoms with van der Waals surface area (Å²) in [6.07, 6.45) is 2.90. The van der Waals surface area contributed by atoms with Crippen LogP contribution in [-0.2, 0) is 0 Å². The molecule has 1 fully saturated rings. The number of aromatic amines is 2. The number of H-pyrrole nitrogens is 2. The molecule has 1 aliphatic heterocycles. The summed E-state index contributed by atoms with van der Waals surface area (Å²) in [5.41, 5.74) is 2.28. The van der Waals surface area contributed by atoms with E-state index in [0.29, 0.717) is 38.8 Å². The number of anilines is 3. The molecule has 0 aliphatic carbocycles.